The van der Waals surface area contributed by atoms with E-state index in [1.807, 2.05) is 30.3 Å². The zero-order valence-electron chi connectivity index (χ0n) is 11.3. The lowest BCUT2D eigenvalue weighted by molar-refractivity contribution is 0.401. The molecular formula is C15H12ClN3O2. The highest BCUT2D eigenvalue weighted by Crippen LogP contribution is 2.17. The van der Waals surface area contributed by atoms with Gasteiger partial charge in [0, 0.05) is 11.6 Å². The van der Waals surface area contributed by atoms with Crippen LogP contribution in [0.5, 0.6) is 5.75 Å². The molecule has 21 heavy (non-hydrogen) atoms. The second-order valence-electron chi connectivity index (χ2n) is 4.53. The van der Waals surface area contributed by atoms with Crippen LogP contribution >= 0.6 is 11.6 Å². The van der Waals surface area contributed by atoms with Gasteiger partial charge in [0.2, 0.25) is 5.75 Å². The minimum Gasteiger partial charge on any atom is -0.489 e. The summed E-state index contributed by atoms with van der Waals surface area (Å²) in [6.07, 6.45) is 3.17. The number of hydrogen-bond donors (Lipinski definition) is 0. The van der Waals surface area contributed by atoms with Gasteiger partial charge in [-0.05, 0) is 23.8 Å². The van der Waals surface area contributed by atoms with Gasteiger partial charge in [-0.15, -0.1) is 0 Å². The summed E-state index contributed by atoms with van der Waals surface area (Å²) in [5.41, 5.74) is 1.59. The Labute approximate surface area is 125 Å². The second-order valence-corrected chi connectivity index (χ2v) is 4.89. The van der Waals surface area contributed by atoms with Crippen molar-refractivity contribution in [3.8, 4) is 5.75 Å². The Morgan fingerprint density at radius 2 is 2.14 bits per heavy atom. The lowest BCUT2D eigenvalue weighted by Crippen LogP contribution is -2.22. The van der Waals surface area contributed by atoms with Gasteiger partial charge in [-0.25, -0.2) is 4.98 Å². The Morgan fingerprint density at radius 3 is 2.95 bits per heavy atom. The summed E-state index contributed by atoms with van der Waals surface area (Å²) in [5.74, 6) is 0.0571. The van der Waals surface area contributed by atoms with Gasteiger partial charge in [-0.2, -0.15) is 0 Å². The molecule has 0 atom stereocenters. The van der Waals surface area contributed by atoms with E-state index in [2.05, 4.69) is 9.97 Å². The van der Waals surface area contributed by atoms with Crippen molar-refractivity contribution in [1.29, 1.82) is 0 Å². The van der Waals surface area contributed by atoms with Gasteiger partial charge in [0.15, 0.2) is 5.15 Å². The third-order valence-electron chi connectivity index (χ3n) is 3.18. The molecule has 0 spiro atoms. The molecule has 5 nitrogen and oxygen atoms in total. The first kappa shape index (κ1) is 13.6. The van der Waals surface area contributed by atoms with Gasteiger partial charge in [-0.1, -0.05) is 23.7 Å². The molecule has 2 heterocycles. The molecule has 0 aliphatic heterocycles. The highest BCUT2D eigenvalue weighted by Gasteiger charge is 2.10. The summed E-state index contributed by atoms with van der Waals surface area (Å²) in [6.45, 7) is 0.393. The van der Waals surface area contributed by atoms with Crippen molar-refractivity contribution < 1.29 is 4.74 Å². The maximum Gasteiger partial charge on any atom is 0.297 e. The normalized spacial score (nSPS) is 10.8. The van der Waals surface area contributed by atoms with Gasteiger partial charge in [0.25, 0.3) is 5.56 Å². The van der Waals surface area contributed by atoms with Crippen molar-refractivity contribution in [3.05, 3.63) is 63.9 Å². The van der Waals surface area contributed by atoms with Crippen molar-refractivity contribution in [3.63, 3.8) is 0 Å². The van der Waals surface area contributed by atoms with E-state index in [4.69, 9.17) is 16.3 Å². The lowest BCUT2D eigenvalue weighted by Gasteiger charge is -2.09. The molecular weight excluding hydrogens is 290 g/mol. The van der Waals surface area contributed by atoms with E-state index in [1.165, 1.54) is 18.0 Å². The van der Waals surface area contributed by atoms with Crippen LogP contribution in [0.4, 0.5) is 0 Å². The molecule has 0 saturated carbocycles. The third-order valence-corrected chi connectivity index (χ3v) is 3.45. The maximum absolute atomic E-state index is 12.2. The van der Waals surface area contributed by atoms with E-state index in [-0.39, 0.29) is 16.5 Å². The highest BCUT2D eigenvalue weighted by atomic mass is 35.5. The topological polar surface area (TPSA) is 57.0 Å². The molecule has 3 rings (SSSR count). The summed E-state index contributed by atoms with van der Waals surface area (Å²) < 4.78 is 6.45. The van der Waals surface area contributed by atoms with Crippen molar-refractivity contribution >= 4 is 22.5 Å². The zero-order chi connectivity index (χ0) is 14.8. The number of pyridine rings is 1. The van der Waals surface area contributed by atoms with Crippen LogP contribution < -0.4 is 10.3 Å². The molecule has 0 amide bonds. The minimum absolute atomic E-state index is 0.0571. The van der Waals surface area contributed by atoms with E-state index >= 15 is 0 Å². The van der Waals surface area contributed by atoms with Gasteiger partial charge in [0.1, 0.15) is 0 Å². The average Bonchev–Trinajstić information content (AvgIpc) is 2.50. The van der Waals surface area contributed by atoms with E-state index in [0.717, 1.165) is 16.5 Å². The van der Waals surface area contributed by atoms with Crippen LogP contribution in [0.15, 0.2) is 47.7 Å². The van der Waals surface area contributed by atoms with Crippen LogP contribution in [0, 0.1) is 0 Å². The molecule has 0 saturated heterocycles. The fraction of sp³-hybridized carbons (Fsp3) is 0.133. The lowest BCUT2D eigenvalue weighted by atomic mass is 10.1. The second kappa shape index (κ2) is 5.54. The summed E-state index contributed by atoms with van der Waals surface area (Å²) >= 11 is 5.83. The van der Waals surface area contributed by atoms with Crippen LogP contribution in [0.3, 0.4) is 0 Å². The van der Waals surface area contributed by atoms with Gasteiger partial charge < -0.3 is 4.74 Å². The van der Waals surface area contributed by atoms with Crippen LogP contribution in [0.25, 0.3) is 10.9 Å². The van der Waals surface area contributed by atoms with Crippen molar-refractivity contribution in [2.45, 2.75) is 6.54 Å². The quantitative estimate of drug-likeness (QED) is 0.698. The fourth-order valence-electron chi connectivity index (χ4n) is 2.15. The number of aromatic nitrogens is 3. The Balaban J connectivity index is 2.00. The summed E-state index contributed by atoms with van der Waals surface area (Å²) in [5, 5.41) is 1.10. The van der Waals surface area contributed by atoms with Gasteiger partial charge in [0.05, 0.1) is 25.5 Å². The zero-order valence-corrected chi connectivity index (χ0v) is 12.0. The first-order valence-electron chi connectivity index (χ1n) is 6.31. The number of ether oxygens (including phenoxy) is 1. The number of hydrogen-bond acceptors (Lipinski definition) is 4. The monoisotopic (exact) mass is 301 g/mol. The van der Waals surface area contributed by atoms with E-state index < -0.39 is 0 Å². The molecule has 0 bridgehead atoms. The molecule has 0 radical (unpaired) electrons. The fourth-order valence-corrected chi connectivity index (χ4v) is 2.36. The largest absolute Gasteiger partial charge is 0.489 e. The number of rotatable bonds is 3. The number of benzene rings is 1. The van der Waals surface area contributed by atoms with E-state index in [0.29, 0.717) is 6.54 Å². The molecule has 0 aliphatic carbocycles. The van der Waals surface area contributed by atoms with E-state index in [1.54, 1.807) is 6.20 Å². The van der Waals surface area contributed by atoms with Crippen LogP contribution in [-0.4, -0.2) is 21.6 Å². The predicted molar refractivity (Wildman–Crippen MR) is 80.9 cm³/mol. The molecule has 0 unspecified atom stereocenters. The summed E-state index contributed by atoms with van der Waals surface area (Å²) in [4.78, 5) is 20.4. The molecule has 1 aromatic carbocycles. The maximum atomic E-state index is 12.2. The van der Waals surface area contributed by atoms with Crippen LogP contribution in [0.2, 0.25) is 5.15 Å². The summed E-state index contributed by atoms with van der Waals surface area (Å²) in [7, 11) is 1.40. The smallest absolute Gasteiger partial charge is 0.297 e. The molecule has 0 fully saturated rings. The number of halogens is 1. The Hall–Kier alpha value is -2.40. The molecule has 106 valence electrons. The number of fused-ring (bicyclic) bond motifs is 1. The first-order chi connectivity index (χ1) is 10.2. The average molecular weight is 302 g/mol. The predicted octanol–water partition coefficient (Wildman–Crippen LogP) is 2.50. The Bertz CT molecular complexity index is 861. The molecule has 6 heteroatoms. The molecule has 0 N–H and O–H groups in total. The van der Waals surface area contributed by atoms with Crippen molar-refractivity contribution in [2.75, 3.05) is 7.11 Å². The van der Waals surface area contributed by atoms with Crippen molar-refractivity contribution in [1.82, 2.24) is 14.5 Å². The van der Waals surface area contributed by atoms with Crippen molar-refractivity contribution in [2.24, 2.45) is 0 Å². The van der Waals surface area contributed by atoms with Crippen LogP contribution in [0.1, 0.15) is 5.56 Å². The van der Waals surface area contributed by atoms with E-state index in [9.17, 15) is 4.79 Å². The molecule has 3 aromatic rings. The number of nitrogens with zero attached hydrogens (tertiary/aromatic N) is 3. The first-order valence-corrected chi connectivity index (χ1v) is 6.69. The van der Waals surface area contributed by atoms with Gasteiger partial charge >= 0.3 is 0 Å². The standard InChI is InChI=1S/C15H12ClN3O2/c1-21-13-14(16)18-9-19(15(13)20)8-10-4-5-12-11(7-10)3-2-6-17-12/h2-7,9H,8H2,1H3. The molecule has 2 aromatic heterocycles. The molecule has 0 aliphatic rings. The highest BCUT2D eigenvalue weighted by molar-refractivity contribution is 6.30. The SMILES string of the molecule is COc1c(Cl)ncn(Cc2ccc3ncccc3c2)c1=O. The van der Waals surface area contributed by atoms with Gasteiger partial charge in [-0.3, -0.25) is 14.3 Å². The third kappa shape index (κ3) is 2.60. The van der Waals surface area contributed by atoms with Crippen LogP contribution in [-0.2, 0) is 6.54 Å². The number of methoxy groups -OCH3 is 1. The Kier molecular flexibility index (Phi) is 3.58. The Morgan fingerprint density at radius 1 is 1.29 bits per heavy atom. The summed E-state index contributed by atoms with van der Waals surface area (Å²) in [6, 6.07) is 9.72. The minimum atomic E-state index is -0.302.